The third kappa shape index (κ3) is 3.05. The molecule has 1 heterocycles. The molecule has 0 amide bonds. The van der Waals surface area contributed by atoms with E-state index in [-0.39, 0.29) is 6.29 Å². The number of hydrogen-bond acceptors (Lipinski definition) is 4. The molecule has 0 spiro atoms. The van der Waals surface area contributed by atoms with E-state index in [4.69, 9.17) is 0 Å². The zero-order valence-corrected chi connectivity index (χ0v) is 8.79. The van der Waals surface area contributed by atoms with E-state index in [0.717, 1.165) is 7.11 Å². The Bertz CT molecular complexity index is 447. The van der Waals surface area contributed by atoms with E-state index in [1.54, 1.807) is 0 Å². The maximum atomic E-state index is 12.7. The fourth-order valence-corrected chi connectivity index (χ4v) is 1.20. The maximum Gasteiger partial charge on any atom is 0.574 e. The summed E-state index contributed by atoms with van der Waals surface area (Å²) in [7, 11) is 0.936. The van der Waals surface area contributed by atoms with E-state index in [9.17, 15) is 26.7 Å². The number of nitrogens with zero attached hydrogens (tertiary/aromatic N) is 1. The number of pyridine rings is 1. The highest BCUT2D eigenvalue weighted by Gasteiger charge is 2.36. The van der Waals surface area contributed by atoms with Crippen molar-refractivity contribution in [2.75, 3.05) is 7.11 Å². The summed E-state index contributed by atoms with van der Waals surface area (Å²) < 4.78 is 69.2. The van der Waals surface area contributed by atoms with E-state index in [1.807, 2.05) is 0 Å². The number of ether oxygens (including phenoxy) is 2. The van der Waals surface area contributed by atoms with E-state index < -0.39 is 35.5 Å². The monoisotopic (exact) mass is 271 g/mol. The summed E-state index contributed by atoms with van der Waals surface area (Å²) >= 11 is 0. The highest BCUT2D eigenvalue weighted by atomic mass is 19.4. The van der Waals surface area contributed by atoms with Crippen molar-refractivity contribution in [3.05, 3.63) is 17.3 Å². The molecule has 18 heavy (non-hydrogen) atoms. The van der Waals surface area contributed by atoms with Crippen molar-refractivity contribution in [2.45, 2.75) is 12.8 Å². The fraction of sp³-hybridized carbons (Fsp3) is 0.333. The molecule has 0 radical (unpaired) electrons. The lowest BCUT2D eigenvalue weighted by molar-refractivity contribution is -0.276. The number of methoxy groups -OCH3 is 1. The van der Waals surface area contributed by atoms with Crippen LogP contribution in [-0.2, 0) is 0 Å². The fourth-order valence-electron chi connectivity index (χ4n) is 1.20. The third-order valence-corrected chi connectivity index (χ3v) is 1.82. The Labute approximate surface area is 97.3 Å². The van der Waals surface area contributed by atoms with Gasteiger partial charge in [-0.3, -0.25) is 4.79 Å². The molecule has 1 rings (SSSR count). The first kappa shape index (κ1) is 14.1. The number of rotatable bonds is 4. The Hall–Kier alpha value is -1.93. The largest absolute Gasteiger partial charge is 0.574 e. The second-order valence-electron chi connectivity index (χ2n) is 2.93. The molecule has 0 aromatic carbocycles. The third-order valence-electron chi connectivity index (χ3n) is 1.82. The highest BCUT2D eigenvalue weighted by molar-refractivity contribution is 5.80. The standard InChI is InChI=1S/C9H6F5NO3/c1-17-6-4(3-16)2-15-8(5(6)7(10)11)18-9(12,13)14/h2-3,7H,1H3. The molecule has 4 nitrogen and oxygen atoms in total. The van der Waals surface area contributed by atoms with Gasteiger partial charge in [-0.25, -0.2) is 13.8 Å². The van der Waals surface area contributed by atoms with Crippen LogP contribution in [0, 0.1) is 0 Å². The summed E-state index contributed by atoms with van der Waals surface area (Å²) in [5.74, 6) is -2.05. The molecule has 0 bridgehead atoms. The molecule has 1 aromatic rings. The molecule has 0 aliphatic heterocycles. The molecular formula is C9H6F5NO3. The van der Waals surface area contributed by atoms with E-state index >= 15 is 0 Å². The lowest BCUT2D eigenvalue weighted by atomic mass is 10.2. The predicted molar refractivity (Wildman–Crippen MR) is 47.8 cm³/mol. The minimum Gasteiger partial charge on any atom is -0.495 e. The second-order valence-corrected chi connectivity index (χ2v) is 2.93. The number of carbonyl (C=O) groups excluding carboxylic acids is 1. The van der Waals surface area contributed by atoms with Gasteiger partial charge >= 0.3 is 6.36 Å². The van der Waals surface area contributed by atoms with Crippen molar-refractivity contribution in [3.8, 4) is 11.6 Å². The molecule has 1 aromatic heterocycles. The van der Waals surface area contributed by atoms with Gasteiger partial charge in [0.2, 0.25) is 5.88 Å². The van der Waals surface area contributed by atoms with Gasteiger partial charge in [0.15, 0.2) is 6.29 Å². The maximum absolute atomic E-state index is 12.7. The summed E-state index contributed by atoms with van der Waals surface area (Å²) in [6, 6.07) is 0. The van der Waals surface area contributed by atoms with Crippen molar-refractivity contribution in [1.82, 2.24) is 4.98 Å². The van der Waals surface area contributed by atoms with Crippen molar-refractivity contribution in [3.63, 3.8) is 0 Å². The van der Waals surface area contributed by atoms with Gasteiger partial charge in [-0.05, 0) is 0 Å². The molecule has 0 fully saturated rings. The lowest BCUT2D eigenvalue weighted by Gasteiger charge is -2.15. The molecule has 100 valence electrons. The Morgan fingerprint density at radius 1 is 1.39 bits per heavy atom. The van der Waals surface area contributed by atoms with Crippen LogP contribution in [-0.4, -0.2) is 24.7 Å². The summed E-state index contributed by atoms with van der Waals surface area (Å²) in [4.78, 5) is 13.6. The van der Waals surface area contributed by atoms with E-state index in [0.29, 0.717) is 6.20 Å². The first-order chi connectivity index (χ1) is 8.30. The first-order valence-corrected chi connectivity index (χ1v) is 4.36. The van der Waals surface area contributed by atoms with E-state index in [2.05, 4.69) is 14.5 Å². The van der Waals surface area contributed by atoms with Gasteiger partial charge in [0.05, 0.1) is 12.7 Å². The van der Waals surface area contributed by atoms with Crippen LogP contribution in [0.2, 0.25) is 0 Å². The Balaban J connectivity index is 3.39. The van der Waals surface area contributed by atoms with Gasteiger partial charge in [-0.1, -0.05) is 0 Å². The van der Waals surface area contributed by atoms with Crippen molar-refractivity contribution in [1.29, 1.82) is 0 Å². The number of aromatic nitrogens is 1. The SMILES string of the molecule is COc1c(C=O)cnc(OC(F)(F)F)c1C(F)F. The van der Waals surface area contributed by atoms with Crippen LogP contribution in [0.15, 0.2) is 6.20 Å². The van der Waals surface area contributed by atoms with Gasteiger partial charge in [0, 0.05) is 6.20 Å². The smallest absolute Gasteiger partial charge is 0.495 e. The van der Waals surface area contributed by atoms with Crippen molar-refractivity contribution in [2.24, 2.45) is 0 Å². The summed E-state index contributed by atoms with van der Waals surface area (Å²) in [5.41, 5.74) is -1.62. The van der Waals surface area contributed by atoms with Crippen molar-refractivity contribution >= 4 is 6.29 Å². The van der Waals surface area contributed by atoms with Crippen LogP contribution < -0.4 is 9.47 Å². The summed E-state index contributed by atoms with van der Waals surface area (Å²) in [6.45, 7) is 0. The number of carbonyl (C=O) groups is 1. The van der Waals surface area contributed by atoms with Gasteiger partial charge in [0.1, 0.15) is 11.3 Å². The van der Waals surface area contributed by atoms with Crippen LogP contribution in [0.25, 0.3) is 0 Å². The van der Waals surface area contributed by atoms with Gasteiger partial charge in [-0.2, -0.15) is 0 Å². The normalized spacial score (nSPS) is 11.5. The number of aldehydes is 1. The average molecular weight is 271 g/mol. The van der Waals surface area contributed by atoms with Crippen LogP contribution in [0.5, 0.6) is 11.6 Å². The summed E-state index contributed by atoms with van der Waals surface area (Å²) in [6.07, 6.45) is -7.73. The quantitative estimate of drug-likeness (QED) is 0.624. The zero-order valence-electron chi connectivity index (χ0n) is 8.79. The number of halogens is 5. The molecule has 0 saturated heterocycles. The molecule has 0 unspecified atom stereocenters. The Kier molecular flexibility index (Phi) is 4.04. The molecule has 9 heteroatoms. The minimum atomic E-state index is -5.18. The molecule has 0 saturated carbocycles. The lowest BCUT2D eigenvalue weighted by Crippen LogP contribution is -2.19. The van der Waals surface area contributed by atoms with Crippen LogP contribution in [0.3, 0.4) is 0 Å². The van der Waals surface area contributed by atoms with Crippen LogP contribution in [0.1, 0.15) is 22.3 Å². The Morgan fingerprint density at radius 3 is 2.39 bits per heavy atom. The predicted octanol–water partition coefficient (Wildman–Crippen LogP) is 2.74. The molecule has 0 atom stereocenters. The van der Waals surface area contributed by atoms with Crippen molar-refractivity contribution < 1.29 is 36.2 Å². The zero-order chi connectivity index (χ0) is 13.9. The highest BCUT2D eigenvalue weighted by Crippen LogP contribution is 2.39. The second kappa shape index (κ2) is 5.15. The van der Waals surface area contributed by atoms with Gasteiger partial charge in [0.25, 0.3) is 6.43 Å². The number of alkyl halides is 5. The minimum absolute atomic E-state index is 0.134. The van der Waals surface area contributed by atoms with Crippen LogP contribution >= 0.6 is 0 Å². The first-order valence-electron chi connectivity index (χ1n) is 4.36. The Morgan fingerprint density at radius 2 is 2.00 bits per heavy atom. The number of hydrogen-bond donors (Lipinski definition) is 0. The molecule has 0 aliphatic rings. The molecular weight excluding hydrogens is 265 g/mol. The molecule has 0 N–H and O–H groups in total. The average Bonchev–Trinajstić information content (AvgIpc) is 2.25. The topological polar surface area (TPSA) is 48.4 Å². The van der Waals surface area contributed by atoms with Crippen LogP contribution in [0.4, 0.5) is 22.0 Å². The molecule has 0 aliphatic carbocycles. The summed E-state index contributed by atoms with van der Waals surface area (Å²) in [5, 5.41) is 0. The van der Waals surface area contributed by atoms with Gasteiger partial charge in [-0.15, -0.1) is 13.2 Å². The van der Waals surface area contributed by atoms with E-state index in [1.165, 1.54) is 0 Å². The van der Waals surface area contributed by atoms with Gasteiger partial charge < -0.3 is 9.47 Å².